The van der Waals surface area contributed by atoms with Gasteiger partial charge in [0.1, 0.15) is 5.75 Å². The monoisotopic (exact) mass is 369 g/mol. The first-order valence-corrected chi connectivity index (χ1v) is 8.17. The van der Waals surface area contributed by atoms with Gasteiger partial charge in [0.2, 0.25) is 0 Å². The van der Waals surface area contributed by atoms with E-state index in [1.165, 1.54) is 7.11 Å². The molecular weight excluding hydrogens is 354 g/mol. The van der Waals surface area contributed by atoms with E-state index < -0.39 is 11.8 Å². The number of aryl methyl sites for hydroxylation is 1. The molecule has 0 radical (unpaired) electrons. The number of rotatable bonds is 3. The fourth-order valence-electron chi connectivity index (χ4n) is 2.49. The van der Waals surface area contributed by atoms with Crippen LogP contribution in [-0.4, -0.2) is 23.9 Å². The summed E-state index contributed by atoms with van der Waals surface area (Å²) in [5, 5.41) is 6.50. The topological polar surface area (TPSA) is 80.3 Å². The molecule has 0 unspecified atom stereocenters. The Morgan fingerprint density at radius 1 is 1.04 bits per heavy atom. The van der Waals surface area contributed by atoms with Gasteiger partial charge in [-0.3, -0.25) is 14.6 Å². The number of aromatic nitrogens is 1. The van der Waals surface area contributed by atoms with Crippen LogP contribution in [0.1, 0.15) is 5.56 Å². The summed E-state index contributed by atoms with van der Waals surface area (Å²) in [5.41, 5.74) is 2.19. The zero-order valence-corrected chi connectivity index (χ0v) is 14.9. The second kappa shape index (κ2) is 7.41. The van der Waals surface area contributed by atoms with Gasteiger partial charge < -0.3 is 15.4 Å². The van der Waals surface area contributed by atoms with E-state index in [0.29, 0.717) is 27.7 Å². The van der Waals surface area contributed by atoms with Gasteiger partial charge in [-0.1, -0.05) is 29.8 Å². The summed E-state index contributed by atoms with van der Waals surface area (Å²) in [5.74, 6) is -1.26. The quantitative estimate of drug-likeness (QED) is 0.688. The first-order valence-electron chi connectivity index (χ1n) is 7.80. The van der Waals surface area contributed by atoms with E-state index in [1.54, 1.807) is 43.5 Å². The molecule has 0 atom stereocenters. The molecule has 6 nitrogen and oxygen atoms in total. The predicted octanol–water partition coefficient (Wildman–Crippen LogP) is 3.78. The third kappa shape index (κ3) is 3.60. The number of hydrogen-bond donors (Lipinski definition) is 2. The van der Waals surface area contributed by atoms with Crippen molar-refractivity contribution in [3.8, 4) is 5.75 Å². The van der Waals surface area contributed by atoms with Gasteiger partial charge in [-0.2, -0.15) is 0 Å². The van der Waals surface area contributed by atoms with Crippen LogP contribution in [0.25, 0.3) is 10.9 Å². The standard InChI is InChI=1S/C19H16ClN3O3/c1-11-9-15(16(26-2)10-13(11)20)23-19(25)18(24)22-14-7-3-5-12-6-4-8-21-17(12)14/h3-10H,1-2H3,(H,22,24)(H,23,25). The molecule has 2 aromatic carbocycles. The van der Waals surface area contributed by atoms with Crippen LogP contribution in [0.3, 0.4) is 0 Å². The van der Waals surface area contributed by atoms with E-state index in [-0.39, 0.29) is 0 Å². The summed E-state index contributed by atoms with van der Waals surface area (Å²) in [4.78, 5) is 28.8. The van der Waals surface area contributed by atoms with Crippen molar-refractivity contribution in [3.05, 3.63) is 59.2 Å². The maximum Gasteiger partial charge on any atom is 0.314 e. The third-order valence-corrected chi connectivity index (χ3v) is 4.22. The minimum atomic E-state index is -0.821. The van der Waals surface area contributed by atoms with Crippen LogP contribution in [0.4, 0.5) is 11.4 Å². The lowest BCUT2D eigenvalue weighted by Crippen LogP contribution is -2.29. The molecule has 3 rings (SSSR count). The van der Waals surface area contributed by atoms with Crippen LogP contribution >= 0.6 is 11.6 Å². The van der Waals surface area contributed by atoms with Gasteiger partial charge in [0.15, 0.2) is 0 Å². The summed E-state index contributed by atoms with van der Waals surface area (Å²) in [6.45, 7) is 1.79. The number of para-hydroxylation sites is 1. The summed E-state index contributed by atoms with van der Waals surface area (Å²) >= 11 is 6.05. The number of hydrogen-bond acceptors (Lipinski definition) is 4. The van der Waals surface area contributed by atoms with E-state index >= 15 is 0 Å². The number of pyridine rings is 1. The zero-order chi connectivity index (χ0) is 18.7. The highest BCUT2D eigenvalue weighted by Gasteiger charge is 2.18. The number of carbonyl (C=O) groups excluding carboxylic acids is 2. The van der Waals surface area contributed by atoms with Crippen molar-refractivity contribution in [1.29, 1.82) is 0 Å². The van der Waals surface area contributed by atoms with Gasteiger partial charge in [-0.05, 0) is 30.7 Å². The molecule has 0 saturated carbocycles. The van der Waals surface area contributed by atoms with E-state index in [1.807, 2.05) is 12.1 Å². The molecule has 26 heavy (non-hydrogen) atoms. The first kappa shape index (κ1) is 17.7. The number of amides is 2. The Morgan fingerprint density at radius 2 is 1.73 bits per heavy atom. The highest BCUT2D eigenvalue weighted by Crippen LogP contribution is 2.31. The normalized spacial score (nSPS) is 10.4. The van der Waals surface area contributed by atoms with Gasteiger partial charge in [-0.15, -0.1) is 0 Å². The Labute approximate surface area is 155 Å². The molecule has 0 aliphatic carbocycles. The number of ether oxygens (including phenoxy) is 1. The smallest absolute Gasteiger partial charge is 0.314 e. The minimum Gasteiger partial charge on any atom is -0.495 e. The average molecular weight is 370 g/mol. The number of nitrogens with one attached hydrogen (secondary N) is 2. The number of anilines is 2. The van der Waals surface area contributed by atoms with Crippen molar-refractivity contribution < 1.29 is 14.3 Å². The van der Waals surface area contributed by atoms with Crippen molar-refractivity contribution in [3.63, 3.8) is 0 Å². The van der Waals surface area contributed by atoms with Crippen LogP contribution in [0.5, 0.6) is 5.75 Å². The molecule has 1 aromatic heterocycles. The highest BCUT2D eigenvalue weighted by atomic mass is 35.5. The van der Waals surface area contributed by atoms with Gasteiger partial charge >= 0.3 is 11.8 Å². The lowest BCUT2D eigenvalue weighted by molar-refractivity contribution is -0.132. The number of benzene rings is 2. The second-order valence-corrected chi connectivity index (χ2v) is 6.00. The van der Waals surface area contributed by atoms with E-state index in [4.69, 9.17) is 16.3 Å². The summed E-state index contributed by atoms with van der Waals surface area (Å²) < 4.78 is 5.20. The Kier molecular flexibility index (Phi) is 5.04. The van der Waals surface area contributed by atoms with Crippen molar-refractivity contribution >= 4 is 45.7 Å². The molecule has 3 aromatic rings. The number of methoxy groups -OCH3 is 1. The molecule has 0 saturated heterocycles. The fourth-order valence-corrected chi connectivity index (χ4v) is 2.65. The van der Waals surface area contributed by atoms with Crippen molar-refractivity contribution in [2.24, 2.45) is 0 Å². The van der Waals surface area contributed by atoms with Gasteiger partial charge in [0, 0.05) is 22.7 Å². The fraction of sp³-hybridized carbons (Fsp3) is 0.105. The SMILES string of the molecule is COc1cc(Cl)c(C)cc1NC(=O)C(=O)Nc1cccc2cccnc12. The molecule has 7 heteroatoms. The van der Waals surface area contributed by atoms with Gasteiger partial charge in [0.25, 0.3) is 0 Å². The van der Waals surface area contributed by atoms with E-state index in [2.05, 4.69) is 15.6 Å². The first-order chi connectivity index (χ1) is 12.5. The molecule has 132 valence electrons. The van der Waals surface area contributed by atoms with Crippen LogP contribution < -0.4 is 15.4 Å². The van der Waals surface area contributed by atoms with Crippen LogP contribution in [0.2, 0.25) is 5.02 Å². The number of halogens is 1. The predicted molar refractivity (Wildman–Crippen MR) is 102 cm³/mol. The maximum atomic E-state index is 12.3. The summed E-state index contributed by atoms with van der Waals surface area (Å²) in [7, 11) is 1.46. The maximum absolute atomic E-state index is 12.3. The van der Waals surface area contributed by atoms with Gasteiger partial charge in [0.05, 0.1) is 24.0 Å². The van der Waals surface area contributed by atoms with E-state index in [9.17, 15) is 9.59 Å². The molecule has 1 heterocycles. The summed E-state index contributed by atoms with van der Waals surface area (Å²) in [6.07, 6.45) is 1.62. The Balaban J connectivity index is 1.80. The zero-order valence-electron chi connectivity index (χ0n) is 14.2. The largest absolute Gasteiger partial charge is 0.495 e. The van der Waals surface area contributed by atoms with Crippen molar-refractivity contribution in [1.82, 2.24) is 4.98 Å². The van der Waals surface area contributed by atoms with Gasteiger partial charge in [-0.25, -0.2) is 0 Å². The second-order valence-electron chi connectivity index (χ2n) is 5.59. The third-order valence-electron chi connectivity index (χ3n) is 3.82. The Hall–Kier alpha value is -3.12. The molecule has 2 amide bonds. The Bertz CT molecular complexity index is 999. The van der Waals surface area contributed by atoms with E-state index in [0.717, 1.165) is 10.9 Å². The molecule has 0 bridgehead atoms. The van der Waals surface area contributed by atoms with Crippen molar-refractivity contribution in [2.45, 2.75) is 6.92 Å². The average Bonchev–Trinajstić information content (AvgIpc) is 2.64. The molecule has 0 spiro atoms. The number of nitrogens with zero attached hydrogens (tertiary/aromatic N) is 1. The molecule has 0 aliphatic rings. The highest BCUT2D eigenvalue weighted by molar-refractivity contribution is 6.44. The molecule has 0 fully saturated rings. The Morgan fingerprint density at radius 3 is 2.46 bits per heavy atom. The molecular formula is C19H16ClN3O3. The lowest BCUT2D eigenvalue weighted by Gasteiger charge is -2.12. The van der Waals surface area contributed by atoms with Crippen LogP contribution in [0.15, 0.2) is 48.7 Å². The lowest BCUT2D eigenvalue weighted by atomic mass is 10.2. The number of fused-ring (bicyclic) bond motifs is 1. The molecule has 2 N–H and O–H groups in total. The van der Waals surface area contributed by atoms with Crippen LogP contribution in [-0.2, 0) is 9.59 Å². The minimum absolute atomic E-state index is 0.366. The number of carbonyl (C=O) groups is 2. The van der Waals surface area contributed by atoms with Crippen molar-refractivity contribution in [2.75, 3.05) is 17.7 Å². The summed E-state index contributed by atoms with van der Waals surface area (Å²) in [6, 6.07) is 12.2. The molecule has 0 aliphatic heterocycles. The van der Waals surface area contributed by atoms with Crippen LogP contribution in [0, 0.1) is 6.92 Å².